The number of thiophene rings is 1. The summed E-state index contributed by atoms with van der Waals surface area (Å²) in [7, 11) is 0. The van der Waals surface area contributed by atoms with Crippen molar-refractivity contribution in [3.05, 3.63) is 51.5 Å². The van der Waals surface area contributed by atoms with E-state index in [0.717, 1.165) is 12.3 Å². The first kappa shape index (κ1) is 17.4. The van der Waals surface area contributed by atoms with E-state index in [1.54, 1.807) is 16.0 Å². The summed E-state index contributed by atoms with van der Waals surface area (Å²) in [6.07, 6.45) is 11.5. The van der Waals surface area contributed by atoms with Crippen LogP contribution in [0.15, 0.2) is 24.3 Å². The van der Waals surface area contributed by atoms with Crippen LogP contribution in [0, 0.1) is 12.8 Å². The first-order valence-electron chi connectivity index (χ1n) is 10.7. The third-order valence-corrected chi connectivity index (χ3v) is 7.68. The summed E-state index contributed by atoms with van der Waals surface area (Å²) in [5, 5.41) is 1.51. The van der Waals surface area contributed by atoms with E-state index in [0.29, 0.717) is 0 Å². The summed E-state index contributed by atoms with van der Waals surface area (Å²) < 4.78 is 0. The molecule has 0 saturated carbocycles. The predicted octanol–water partition coefficient (Wildman–Crippen LogP) is 7.06. The van der Waals surface area contributed by atoms with E-state index in [-0.39, 0.29) is 0 Å². The molecule has 1 atom stereocenters. The van der Waals surface area contributed by atoms with Crippen LogP contribution in [0.25, 0.3) is 21.3 Å². The van der Waals surface area contributed by atoms with Gasteiger partial charge in [-0.05, 0) is 80.0 Å². The Kier molecular flexibility index (Phi) is 4.55. The highest BCUT2D eigenvalue weighted by atomic mass is 32.1. The number of fused-ring (bicyclic) bond motifs is 4. The summed E-state index contributed by atoms with van der Waals surface area (Å²) in [6.45, 7) is 4.62. The van der Waals surface area contributed by atoms with Gasteiger partial charge in [-0.3, -0.25) is 0 Å². The second kappa shape index (κ2) is 7.05. The molecule has 0 fully saturated rings. The number of hydrogen-bond acceptors (Lipinski definition) is 2. The average Bonchev–Trinajstić information content (AvgIpc) is 2.98. The van der Waals surface area contributed by atoms with Gasteiger partial charge in [-0.2, -0.15) is 0 Å². The van der Waals surface area contributed by atoms with Crippen LogP contribution in [-0.2, 0) is 25.7 Å². The fourth-order valence-electron chi connectivity index (χ4n) is 5.10. The van der Waals surface area contributed by atoms with Gasteiger partial charge < -0.3 is 0 Å². The lowest BCUT2D eigenvalue weighted by Crippen LogP contribution is -2.09. The van der Waals surface area contributed by atoms with Crippen LogP contribution < -0.4 is 0 Å². The molecule has 2 heteroatoms. The van der Waals surface area contributed by atoms with Crippen molar-refractivity contribution >= 4 is 21.6 Å². The third-order valence-electron chi connectivity index (χ3n) is 6.53. The van der Waals surface area contributed by atoms with E-state index in [1.165, 1.54) is 84.0 Å². The highest BCUT2D eigenvalue weighted by Crippen LogP contribution is 2.45. The zero-order valence-corrected chi connectivity index (χ0v) is 17.4. The first-order valence-corrected chi connectivity index (χ1v) is 11.6. The Morgan fingerprint density at radius 1 is 1.00 bits per heavy atom. The molecule has 0 bridgehead atoms. The molecule has 27 heavy (non-hydrogen) atoms. The lowest BCUT2D eigenvalue weighted by molar-refractivity contribution is 0.509. The van der Waals surface area contributed by atoms with Crippen LogP contribution in [0.4, 0.5) is 0 Å². The van der Waals surface area contributed by atoms with E-state index < -0.39 is 0 Å². The van der Waals surface area contributed by atoms with Crippen LogP contribution >= 0.6 is 11.3 Å². The molecule has 3 aromatic rings. The molecule has 2 aliphatic carbocycles. The lowest BCUT2D eigenvalue weighted by Gasteiger charge is -2.21. The summed E-state index contributed by atoms with van der Waals surface area (Å²) in [5.41, 5.74) is 8.89. The van der Waals surface area contributed by atoms with Gasteiger partial charge in [-0.25, -0.2) is 4.98 Å². The summed E-state index contributed by atoms with van der Waals surface area (Å²) in [4.78, 5) is 8.20. The number of aromatic nitrogens is 1. The molecule has 1 nitrogen and oxygen atoms in total. The molecule has 0 aliphatic heterocycles. The first-order chi connectivity index (χ1) is 13.2. The fourth-order valence-corrected chi connectivity index (χ4v) is 6.51. The Morgan fingerprint density at radius 2 is 1.85 bits per heavy atom. The van der Waals surface area contributed by atoms with Crippen LogP contribution in [0.2, 0.25) is 0 Å². The SMILES string of the molecule is Cc1cccc(-c2c3c(nc4sc5c(c24)CCC(C)C5)CCCCCC3)c1. The number of pyridine rings is 1. The maximum Gasteiger partial charge on any atom is 0.124 e. The van der Waals surface area contributed by atoms with Gasteiger partial charge in [0.1, 0.15) is 4.83 Å². The Hall–Kier alpha value is -1.67. The summed E-state index contributed by atoms with van der Waals surface area (Å²) in [5.74, 6) is 0.814. The molecule has 2 aromatic heterocycles. The fraction of sp³-hybridized carbons (Fsp3) is 0.480. The molecular weight excluding hydrogens is 346 g/mol. The smallest absolute Gasteiger partial charge is 0.124 e. The van der Waals surface area contributed by atoms with E-state index in [9.17, 15) is 0 Å². The second-order valence-corrected chi connectivity index (χ2v) is 9.81. The monoisotopic (exact) mass is 375 g/mol. The average molecular weight is 376 g/mol. The molecule has 1 aromatic carbocycles. The molecule has 0 N–H and O–H groups in total. The maximum absolute atomic E-state index is 5.27. The van der Waals surface area contributed by atoms with Gasteiger partial charge >= 0.3 is 0 Å². The minimum atomic E-state index is 0.814. The molecule has 1 unspecified atom stereocenters. The van der Waals surface area contributed by atoms with E-state index in [4.69, 9.17) is 4.98 Å². The number of aryl methyl sites for hydroxylation is 3. The molecular formula is C25H29NS. The van der Waals surface area contributed by atoms with Gasteiger partial charge in [0.05, 0.1) is 0 Å². The van der Waals surface area contributed by atoms with Crippen LogP contribution in [-0.4, -0.2) is 4.98 Å². The standard InChI is InChI=1S/C25H29NS/c1-16-8-7-9-18(14-16)23-19-10-5-3-4-6-11-21(19)26-25-24(23)20-13-12-17(2)15-22(20)27-25/h7-9,14,17H,3-6,10-13,15H2,1-2H3. The molecule has 0 saturated heterocycles. The molecule has 140 valence electrons. The molecule has 2 heterocycles. The topological polar surface area (TPSA) is 12.9 Å². The number of hydrogen-bond donors (Lipinski definition) is 0. The quantitative estimate of drug-likeness (QED) is 0.444. The Bertz CT molecular complexity index is 997. The van der Waals surface area contributed by atoms with Gasteiger partial charge in [-0.15, -0.1) is 11.3 Å². The van der Waals surface area contributed by atoms with E-state index in [1.807, 2.05) is 11.3 Å². The third kappa shape index (κ3) is 3.12. The van der Waals surface area contributed by atoms with Gasteiger partial charge in [0.15, 0.2) is 0 Å². The van der Waals surface area contributed by atoms with Crippen molar-refractivity contribution < 1.29 is 0 Å². The summed E-state index contributed by atoms with van der Waals surface area (Å²) in [6, 6.07) is 9.17. The second-order valence-electron chi connectivity index (χ2n) is 8.73. The molecule has 0 spiro atoms. The van der Waals surface area contributed by atoms with Crippen LogP contribution in [0.5, 0.6) is 0 Å². The van der Waals surface area contributed by atoms with E-state index >= 15 is 0 Å². The summed E-state index contributed by atoms with van der Waals surface area (Å²) >= 11 is 1.99. The maximum atomic E-state index is 5.27. The number of benzene rings is 1. The lowest BCUT2D eigenvalue weighted by atomic mass is 9.84. The largest absolute Gasteiger partial charge is 0.242 e. The van der Waals surface area contributed by atoms with Gasteiger partial charge in [-0.1, -0.05) is 49.6 Å². The zero-order valence-electron chi connectivity index (χ0n) is 16.6. The highest BCUT2D eigenvalue weighted by Gasteiger charge is 2.26. The molecule has 0 radical (unpaired) electrons. The minimum Gasteiger partial charge on any atom is -0.242 e. The van der Waals surface area contributed by atoms with Crippen molar-refractivity contribution in [3.63, 3.8) is 0 Å². The minimum absolute atomic E-state index is 0.814. The Balaban J connectivity index is 1.83. The number of nitrogens with zero attached hydrogens (tertiary/aromatic N) is 1. The highest BCUT2D eigenvalue weighted by molar-refractivity contribution is 7.19. The zero-order chi connectivity index (χ0) is 18.4. The predicted molar refractivity (Wildman–Crippen MR) is 117 cm³/mol. The molecule has 5 rings (SSSR count). The normalized spacial score (nSPS) is 20.0. The Morgan fingerprint density at radius 3 is 2.70 bits per heavy atom. The van der Waals surface area contributed by atoms with Crippen LogP contribution in [0.3, 0.4) is 0 Å². The van der Waals surface area contributed by atoms with Gasteiger partial charge in [0.2, 0.25) is 0 Å². The van der Waals surface area contributed by atoms with Crippen molar-refractivity contribution in [2.24, 2.45) is 5.92 Å². The van der Waals surface area contributed by atoms with Crippen molar-refractivity contribution in [1.82, 2.24) is 4.98 Å². The molecule has 2 aliphatic rings. The van der Waals surface area contributed by atoms with Crippen LogP contribution in [0.1, 0.15) is 66.3 Å². The van der Waals surface area contributed by atoms with Crippen molar-refractivity contribution in [2.45, 2.75) is 71.6 Å². The number of rotatable bonds is 1. The van der Waals surface area contributed by atoms with Gasteiger partial charge in [0, 0.05) is 16.0 Å². The van der Waals surface area contributed by atoms with Crippen molar-refractivity contribution in [1.29, 1.82) is 0 Å². The van der Waals surface area contributed by atoms with Crippen molar-refractivity contribution in [2.75, 3.05) is 0 Å². The van der Waals surface area contributed by atoms with Gasteiger partial charge in [0.25, 0.3) is 0 Å². The van der Waals surface area contributed by atoms with E-state index in [2.05, 4.69) is 38.1 Å². The van der Waals surface area contributed by atoms with Crippen molar-refractivity contribution in [3.8, 4) is 11.1 Å². The molecule has 0 amide bonds. The Labute approximate surface area is 166 Å².